The van der Waals surface area contributed by atoms with E-state index in [1.165, 1.54) is 6.20 Å². The average Bonchev–Trinajstić information content (AvgIpc) is 2.42. The molecule has 0 unspecified atom stereocenters. The number of rotatable bonds is 5. The van der Waals surface area contributed by atoms with Crippen LogP contribution in [-0.4, -0.2) is 47.8 Å². The Kier molecular flexibility index (Phi) is 4.90. The molecule has 0 radical (unpaired) electrons. The van der Waals surface area contributed by atoms with Crippen molar-refractivity contribution in [2.75, 3.05) is 38.1 Å². The smallest absolute Gasteiger partial charge is 0.164 e. The van der Waals surface area contributed by atoms with E-state index in [9.17, 15) is 4.39 Å². The van der Waals surface area contributed by atoms with E-state index in [-0.39, 0.29) is 5.82 Å². The Morgan fingerprint density at radius 3 is 2.89 bits per heavy atom. The summed E-state index contributed by atoms with van der Waals surface area (Å²) in [6, 6.07) is 1.65. The average molecular weight is 253 g/mol. The molecule has 0 aliphatic carbocycles. The molecule has 4 nitrogen and oxygen atoms in total. The van der Waals surface area contributed by atoms with Gasteiger partial charge in [-0.3, -0.25) is 4.98 Å². The van der Waals surface area contributed by atoms with Crippen molar-refractivity contribution in [3.05, 3.63) is 24.3 Å². The molecule has 0 saturated carbocycles. The maximum atomic E-state index is 13.3. The van der Waals surface area contributed by atoms with Crippen LogP contribution in [0.25, 0.3) is 0 Å². The third-order valence-electron chi connectivity index (χ3n) is 3.48. The van der Waals surface area contributed by atoms with Crippen molar-refractivity contribution in [1.82, 2.24) is 9.88 Å². The minimum atomic E-state index is -0.309. The van der Waals surface area contributed by atoms with E-state index in [0.29, 0.717) is 18.2 Å². The summed E-state index contributed by atoms with van der Waals surface area (Å²) in [6.07, 6.45) is 4.91. The maximum Gasteiger partial charge on any atom is 0.164 e. The van der Waals surface area contributed by atoms with Gasteiger partial charge in [-0.2, -0.15) is 0 Å². The second-order valence-corrected chi connectivity index (χ2v) is 4.75. The van der Waals surface area contributed by atoms with Gasteiger partial charge in [0.2, 0.25) is 0 Å². The second-order valence-electron chi connectivity index (χ2n) is 4.75. The molecule has 1 aliphatic heterocycles. The van der Waals surface area contributed by atoms with E-state index in [2.05, 4.69) is 15.2 Å². The molecule has 2 N–H and O–H groups in total. The number of pyridine rings is 1. The summed E-state index contributed by atoms with van der Waals surface area (Å²) in [4.78, 5) is 6.06. The van der Waals surface area contributed by atoms with Gasteiger partial charge in [-0.1, -0.05) is 0 Å². The third kappa shape index (κ3) is 3.65. The monoisotopic (exact) mass is 253 g/mol. The molecule has 0 aromatic carbocycles. The number of hydrogen-bond acceptors (Lipinski definition) is 4. The number of likely N-dealkylation sites (tertiary alicyclic amines) is 1. The van der Waals surface area contributed by atoms with Crippen LogP contribution in [0.2, 0.25) is 0 Å². The first-order valence-electron chi connectivity index (χ1n) is 6.46. The molecule has 0 spiro atoms. The predicted octanol–water partition coefficient (Wildman–Crippen LogP) is 1.34. The van der Waals surface area contributed by atoms with Gasteiger partial charge in [-0.05, 0) is 37.9 Å². The molecule has 0 bridgehead atoms. The largest absolute Gasteiger partial charge is 0.396 e. The lowest BCUT2D eigenvalue weighted by Crippen LogP contribution is -2.37. The summed E-state index contributed by atoms with van der Waals surface area (Å²) in [7, 11) is 0. The fourth-order valence-corrected chi connectivity index (χ4v) is 2.26. The number of aliphatic hydroxyl groups excluding tert-OH is 1. The number of halogens is 1. The van der Waals surface area contributed by atoms with Crippen molar-refractivity contribution >= 4 is 5.69 Å². The number of nitrogens with one attached hydrogen (secondary N) is 1. The highest BCUT2D eigenvalue weighted by Gasteiger charge is 2.17. The molecule has 18 heavy (non-hydrogen) atoms. The zero-order chi connectivity index (χ0) is 12.8. The van der Waals surface area contributed by atoms with E-state index < -0.39 is 0 Å². The lowest BCUT2D eigenvalue weighted by molar-refractivity contribution is 0.134. The van der Waals surface area contributed by atoms with Crippen LogP contribution in [0.3, 0.4) is 0 Å². The van der Waals surface area contributed by atoms with Crippen molar-refractivity contribution in [2.24, 2.45) is 5.92 Å². The summed E-state index contributed by atoms with van der Waals surface area (Å²) in [6.45, 7) is 3.97. The first-order chi connectivity index (χ1) is 8.79. The Morgan fingerprint density at radius 2 is 2.22 bits per heavy atom. The maximum absolute atomic E-state index is 13.3. The first kappa shape index (κ1) is 13.2. The number of aliphatic hydroxyl groups is 1. The summed E-state index contributed by atoms with van der Waals surface area (Å²) >= 11 is 0. The Bertz CT molecular complexity index is 367. The Balaban J connectivity index is 1.69. The summed E-state index contributed by atoms with van der Waals surface area (Å²) in [5.74, 6) is 0.156. The number of anilines is 1. The van der Waals surface area contributed by atoms with Gasteiger partial charge >= 0.3 is 0 Å². The van der Waals surface area contributed by atoms with Crippen LogP contribution in [-0.2, 0) is 0 Å². The highest BCUT2D eigenvalue weighted by molar-refractivity contribution is 5.42. The predicted molar refractivity (Wildman–Crippen MR) is 68.9 cm³/mol. The van der Waals surface area contributed by atoms with E-state index in [1.807, 2.05) is 0 Å². The summed E-state index contributed by atoms with van der Waals surface area (Å²) in [5.41, 5.74) is 0.509. The number of hydrogen-bond donors (Lipinski definition) is 2. The second kappa shape index (κ2) is 6.66. The molecular formula is C13H20FN3O. The molecule has 5 heteroatoms. The fraction of sp³-hybridized carbons (Fsp3) is 0.615. The standard InChI is InChI=1S/C13H20FN3O/c14-12-9-15-4-1-13(12)16-5-8-17-6-2-11(10-18)3-7-17/h1,4,9,11,18H,2-3,5-8,10H2,(H,15,16). The van der Waals surface area contributed by atoms with Crippen LogP contribution in [0.4, 0.5) is 10.1 Å². The molecule has 1 fully saturated rings. The molecule has 2 heterocycles. The summed E-state index contributed by atoms with van der Waals surface area (Å²) in [5, 5.41) is 12.1. The van der Waals surface area contributed by atoms with Crippen LogP contribution < -0.4 is 5.32 Å². The molecule has 1 aliphatic rings. The SMILES string of the molecule is OCC1CCN(CCNc2ccncc2F)CC1. The van der Waals surface area contributed by atoms with Gasteiger partial charge in [0, 0.05) is 25.9 Å². The number of piperidine rings is 1. The van der Waals surface area contributed by atoms with Gasteiger partial charge in [-0.15, -0.1) is 0 Å². The van der Waals surface area contributed by atoms with Crippen molar-refractivity contribution in [3.8, 4) is 0 Å². The van der Waals surface area contributed by atoms with Crippen LogP contribution >= 0.6 is 0 Å². The minimum absolute atomic E-state index is 0.300. The van der Waals surface area contributed by atoms with E-state index in [4.69, 9.17) is 5.11 Å². The highest BCUT2D eigenvalue weighted by atomic mass is 19.1. The lowest BCUT2D eigenvalue weighted by atomic mass is 9.98. The minimum Gasteiger partial charge on any atom is -0.396 e. The van der Waals surface area contributed by atoms with Crippen molar-refractivity contribution in [2.45, 2.75) is 12.8 Å². The normalized spacial score (nSPS) is 17.9. The Hall–Kier alpha value is -1.20. The van der Waals surface area contributed by atoms with Crippen LogP contribution in [0.15, 0.2) is 18.5 Å². The molecule has 1 aromatic heterocycles. The molecular weight excluding hydrogens is 233 g/mol. The molecule has 1 aromatic rings. The van der Waals surface area contributed by atoms with E-state index in [1.54, 1.807) is 12.3 Å². The third-order valence-corrected chi connectivity index (χ3v) is 3.48. The van der Waals surface area contributed by atoms with Crippen LogP contribution in [0, 0.1) is 11.7 Å². The molecule has 0 atom stereocenters. The number of aromatic nitrogens is 1. The van der Waals surface area contributed by atoms with Crippen molar-refractivity contribution in [1.29, 1.82) is 0 Å². The van der Waals surface area contributed by atoms with Gasteiger partial charge in [0.15, 0.2) is 5.82 Å². The van der Waals surface area contributed by atoms with E-state index in [0.717, 1.165) is 39.0 Å². The summed E-state index contributed by atoms with van der Waals surface area (Å²) < 4.78 is 13.3. The zero-order valence-electron chi connectivity index (χ0n) is 10.5. The van der Waals surface area contributed by atoms with Gasteiger partial charge < -0.3 is 15.3 Å². The van der Waals surface area contributed by atoms with Gasteiger partial charge in [0.1, 0.15) is 0 Å². The van der Waals surface area contributed by atoms with Gasteiger partial charge in [-0.25, -0.2) is 4.39 Å². The van der Waals surface area contributed by atoms with Gasteiger partial charge in [0.25, 0.3) is 0 Å². The molecule has 100 valence electrons. The molecule has 2 rings (SSSR count). The quantitative estimate of drug-likeness (QED) is 0.831. The fourth-order valence-electron chi connectivity index (χ4n) is 2.26. The van der Waals surface area contributed by atoms with Crippen molar-refractivity contribution in [3.63, 3.8) is 0 Å². The Labute approximate surface area is 107 Å². The van der Waals surface area contributed by atoms with Gasteiger partial charge in [0.05, 0.1) is 11.9 Å². The topological polar surface area (TPSA) is 48.4 Å². The number of nitrogens with zero attached hydrogens (tertiary/aromatic N) is 2. The molecule has 0 amide bonds. The first-order valence-corrected chi connectivity index (χ1v) is 6.46. The molecule has 1 saturated heterocycles. The van der Waals surface area contributed by atoms with E-state index >= 15 is 0 Å². The Morgan fingerprint density at radius 1 is 1.44 bits per heavy atom. The highest BCUT2D eigenvalue weighted by Crippen LogP contribution is 2.16. The van der Waals surface area contributed by atoms with Crippen LogP contribution in [0.1, 0.15) is 12.8 Å². The lowest BCUT2D eigenvalue weighted by Gasteiger charge is -2.31. The zero-order valence-corrected chi connectivity index (χ0v) is 10.5. The van der Waals surface area contributed by atoms with Crippen LogP contribution in [0.5, 0.6) is 0 Å². The van der Waals surface area contributed by atoms with Crippen molar-refractivity contribution < 1.29 is 9.50 Å².